The van der Waals surface area contributed by atoms with Gasteiger partial charge < -0.3 is 24.4 Å². The second-order valence-electron chi connectivity index (χ2n) is 8.51. The van der Waals surface area contributed by atoms with Crippen molar-refractivity contribution in [1.82, 2.24) is 10.2 Å². The molecule has 1 N–H and O–H groups in total. The lowest BCUT2D eigenvalue weighted by atomic mass is 10.1. The average molecular weight is 455 g/mol. The van der Waals surface area contributed by atoms with Crippen LogP contribution < -0.4 is 19.5 Å². The summed E-state index contributed by atoms with van der Waals surface area (Å²) < 4.78 is 16.3. The monoisotopic (exact) mass is 454 g/mol. The number of benzene rings is 2. The molecule has 0 aromatic heterocycles. The van der Waals surface area contributed by atoms with Gasteiger partial charge >= 0.3 is 0 Å². The van der Waals surface area contributed by atoms with Gasteiger partial charge in [-0.1, -0.05) is 42.7 Å². The second kappa shape index (κ2) is 11.6. The van der Waals surface area contributed by atoms with E-state index in [-0.39, 0.29) is 24.5 Å². The van der Waals surface area contributed by atoms with E-state index in [2.05, 4.69) is 5.32 Å². The fourth-order valence-electron chi connectivity index (χ4n) is 3.96. The van der Waals surface area contributed by atoms with Gasteiger partial charge in [-0.2, -0.15) is 0 Å². The maximum absolute atomic E-state index is 13.2. The third kappa shape index (κ3) is 6.88. The first kappa shape index (κ1) is 24.4. The summed E-state index contributed by atoms with van der Waals surface area (Å²) in [5, 5.41) is 3.11. The highest BCUT2D eigenvalue weighted by atomic mass is 16.5. The summed E-state index contributed by atoms with van der Waals surface area (Å²) in [6, 6.07) is 12.6. The molecule has 2 aromatic rings. The van der Waals surface area contributed by atoms with Crippen LogP contribution in [0, 0.1) is 6.92 Å². The highest BCUT2D eigenvalue weighted by Gasteiger charge is 2.28. The van der Waals surface area contributed by atoms with Crippen LogP contribution in [0.15, 0.2) is 42.5 Å². The molecule has 33 heavy (non-hydrogen) atoms. The van der Waals surface area contributed by atoms with Gasteiger partial charge in [0.25, 0.3) is 5.91 Å². The van der Waals surface area contributed by atoms with Crippen molar-refractivity contribution in [3.8, 4) is 17.2 Å². The summed E-state index contributed by atoms with van der Waals surface area (Å²) in [6.07, 6.45) is 4.24. The largest absolute Gasteiger partial charge is 0.496 e. The first-order valence-corrected chi connectivity index (χ1v) is 11.4. The smallest absolute Gasteiger partial charge is 0.261 e. The summed E-state index contributed by atoms with van der Waals surface area (Å²) in [4.78, 5) is 27.8. The fraction of sp³-hybridized carbons (Fsp3) is 0.462. The zero-order chi connectivity index (χ0) is 23.8. The number of carbonyl (C=O) groups excluding carboxylic acids is 2. The Morgan fingerprint density at radius 3 is 2.15 bits per heavy atom. The van der Waals surface area contributed by atoms with Gasteiger partial charge in [0.2, 0.25) is 5.91 Å². The van der Waals surface area contributed by atoms with Gasteiger partial charge in [0.05, 0.1) is 14.2 Å². The number of aryl methyl sites for hydroxylation is 1. The number of amides is 2. The number of ether oxygens (including phenoxy) is 3. The minimum Gasteiger partial charge on any atom is -0.496 e. The zero-order valence-corrected chi connectivity index (χ0v) is 19.9. The van der Waals surface area contributed by atoms with E-state index in [1.165, 1.54) is 0 Å². The van der Waals surface area contributed by atoms with E-state index in [1.807, 2.05) is 31.2 Å². The SMILES string of the molecule is COc1cc(OC)cc(OCC(=O)N(Cc2ccc(C)cc2)[C@H](C)C(=O)NC2CCCC2)c1. The van der Waals surface area contributed by atoms with Gasteiger partial charge in [0, 0.05) is 30.8 Å². The second-order valence-corrected chi connectivity index (χ2v) is 8.51. The minimum absolute atomic E-state index is 0.134. The Kier molecular flexibility index (Phi) is 8.58. The Balaban J connectivity index is 1.73. The van der Waals surface area contributed by atoms with Crippen LogP contribution in [0.1, 0.15) is 43.7 Å². The molecular weight excluding hydrogens is 420 g/mol. The minimum atomic E-state index is -0.622. The summed E-state index contributed by atoms with van der Waals surface area (Å²) in [5.41, 5.74) is 2.09. The number of hydrogen-bond donors (Lipinski definition) is 1. The highest BCUT2D eigenvalue weighted by Crippen LogP contribution is 2.27. The maximum Gasteiger partial charge on any atom is 0.261 e. The van der Waals surface area contributed by atoms with Crippen LogP contribution in [0.4, 0.5) is 0 Å². The quantitative estimate of drug-likeness (QED) is 0.590. The van der Waals surface area contributed by atoms with E-state index in [1.54, 1.807) is 44.2 Å². The lowest BCUT2D eigenvalue weighted by Crippen LogP contribution is -2.50. The maximum atomic E-state index is 13.2. The standard InChI is InChI=1S/C26H34N2O5/c1-18-9-11-20(12-10-18)16-28(19(2)26(30)27-21-7-5-6-8-21)25(29)17-33-24-14-22(31-3)13-23(15-24)32-4/h9-15,19,21H,5-8,16-17H2,1-4H3,(H,27,30)/t19-/m1/s1. The lowest BCUT2D eigenvalue weighted by molar-refractivity contribution is -0.142. The van der Waals surface area contributed by atoms with Crippen molar-refractivity contribution in [1.29, 1.82) is 0 Å². The number of nitrogens with one attached hydrogen (secondary N) is 1. The summed E-state index contributed by atoms with van der Waals surface area (Å²) in [7, 11) is 3.11. The third-order valence-electron chi connectivity index (χ3n) is 6.03. The Morgan fingerprint density at radius 1 is 1.00 bits per heavy atom. The molecule has 1 aliphatic carbocycles. The zero-order valence-electron chi connectivity index (χ0n) is 19.9. The topological polar surface area (TPSA) is 77.1 Å². The van der Waals surface area contributed by atoms with Gasteiger partial charge in [-0.3, -0.25) is 9.59 Å². The lowest BCUT2D eigenvalue weighted by Gasteiger charge is -2.29. The molecule has 2 aromatic carbocycles. The molecule has 0 saturated heterocycles. The first-order chi connectivity index (χ1) is 15.9. The number of carbonyl (C=O) groups is 2. The van der Waals surface area contributed by atoms with Crippen molar-refractivity contribution in [3.63, 3.8) is 0 Å². The van der Waals surface area contributed by atoms with E-state index < -0.39 is 6.04 Å². The van der Waals surface area contributed by atoms with Crippen LogP contribution >= 0.6 is 0 Å². The first-order valence-electron chi connectivity index (χ1n) is 11.4. The molecular formula is C26H34N2O5. The van der Waals surface area contributed by atoms with E-state index in [0.717, 1.165) is 36.8 Å². The molecule has 0 spiro atoms. The van der Waals surface area contributed by atoms with Crippen LogP contribution in [0.2, 0.25) is 0 Å². The Morgan fingerprint density at radius 2 is 1.58 bits per heavy atom. The van der Waals surface area contributed by atoms with Gasteiger partial charge in [-0.25, -0.2) is 0 Å². The van der Waals surface area contributed by atoms with Gasteiger partial charge in [0.1, 0.15) is 23.3 Å². The number of rotatable bonds is 10. The normalized spacial score (nSPS) is 14.4. The Hall–Kier alpha value is -3.22. The number of hydrogen-bond acceptors (Lipinski definition) is 5. The van der Waals surface area contributed by atoms with E-state index in [9.17, 15) is 9.59 Å². The van der Waals surface area contributed by atoms with Crippen LogP contribution in [-0.2, 0) is 16.1 Å². The van der Waals surface area contributed by atoms with Crippen LogP contribution in [0.3, 0.4) is 0 Å². The van der Waals surface area contributed by atoms with E-state index >= 15 is 0 Å². The molecule has 7 nitrogen and oxygen atoms in total. The molecule has 3 rings (SSSR count). The Bertz CT molecular complexity index is 916. The molecule has 178 valence electrons. The summed E-state index contributed by atoms with van der Waals surface area (Å²) in [6.45, 7) is 3.90. The molecule has 2 amide bonds. The van der Waals surface area contributed by atoms with E-state index in [4.69, 9.17) is 14.2 Å². The predicted molar refractivity (Wildman–Crippen MR) is 127 cm³/mol. The van der Waals surface area contributed by atoms with Crippen molar-refractivity contribution < 1.29 is 23.8 Å². The van der Waals surface area contributed by atoms with Crippen molar-refractivity contribution in [2.75, 3.05) is 20.8 Å². The average Bonchev–Trinajstić information content (AvgIpc) is 3.34. The molecule has 1 atom stereocenters. The molecule has 7 heteroatoms. The van der Waals surface area contributed by atoms with Crippen molar-refractivity contribution in [2.24, 2.45) is 0 Å². The molecule has 1 fully saturated rings. The van der Waals surface area contributed by atoms with Crippen LogP contribution in [0.5, 0.6) is 17.2 Å². The molecule has 0 unspecified atom stereocenters. The molecule has 1 saturated carbocycles. The Labute approximate surface area is 196 Å². The van der Waals surface area contributed by atoms with Gasteiger partial charge in [-0.05, 0) is 32.3 Å². The summed E-state index contributed by atoms with van der Waals surface area (Å²) in [5.74, 6) is 1.19. The molecule has 0 aliphatic heterocycles. The molecule has 1 aliphatic rings. The summed E-state index contributed by atoms with van der Waals surface area (Å²) >= 11 is 0. The van der Waals surface area contributed by atoms with Crippen LogP contribution in [-0.4, -0.2) is 49.6 Å². The van der Waals surface area contributed by atoms with Gasteiger partial charge in [-0.15, -0.1) is 0 Å². The molecule has 0 heterocycles. The highest BCUT2D eigenvalue weighted by molar-refractivity contribution is 5.88. The molecule has 0 bridgehead atoms. The number of methoxy groups -OCH3 is 2. The van der Waals surface area contributed by atoms with Crippen molar-refractivity contribution >= 4 is 11.8 Å². The van der Waals surface area contributed by atoms with Crippen molar-refractivity contribution in [3.05, 3.63) is 53.6 Å². The van der Waals surface area contributed by atoms with Crippen LogP contribution in [0.25, 0.3) is 0 Å². The van der Waals surface area contributed by atoms with Crippen molar-refractivity contribution in [2.45, 2.75) is 58.2 Å². The third-order valence-corrected chi connectivity index (χ3v) is 6.03. The van der Waals surface area contributed by atoms with Gasteiger partial charge in [0.15, 0.2) is 6.61 Å². The predicted octanol–water partition coefficient (Wildman–Crippen LogP) is 3.87. The number of nitrogens with zero attached hydrogens (tertiary/aromatic N) is 1. The fourth-order valence-corrected chi connectivity index (χ4v) is 3.96. The van der Waals surface area contributed by atoms with E-state index in [0.29, 0.717) is 23.8 Å². The molecule has 0 radical (unpaired) electrons.